The molecule has 0 heterocycles. The maximum atomic E-state index is 12.2. The Morgan fingerprint density at radius 3 is 2.48 bits per heavy atom. The highest BCUT2D eigenvalue weighted by Gasteiger charge is 2.14. The molecule has 5 heteroatoms. The summed E-state index contributed by atoms with van der Waals surface area (Å²) in [5.74, 6) is 1.29. The lowest BCUT2D eigenvalue weighted by molar-refractivity contribution is -0.120. The van der Waals surface area contributed by atoms with E-state index in [4.69, 9.17) is 16.3 Å². The second-order valence-corrected chi connectivity index (χ2v) is 7.90. The van der Waals surface area contributed by atoms with Crippen LogP contribution in [0.1, 0.15) is 32.3 Å². The van der Waals surface area contributed by atoms with Gasteiger partial charge in [-0.3, -0.25) is 4.79 Å². The molecular weight excluding hydrogens is 354 g/mol. The summed E-state index contributed by atoms with van der Waals surface area (Å²) in [7, 11) is 0. The molecule has 1 atom stereocenters. The van der Waals surface area contributed by atoms with Gasteiger partial charge in [0.1, 0.15) is 12.4 Å². The molecule has 1 N–H and O–H groups in total. The third-order valence-corrected chi connectivity index (χ3v) is 5.06. The normalized spacial score (nSPS) is 12.0. The van der Waals surface area contributed by atoms with Gasteiger partial charge in [0.15, 0.2) is 0 Å². The van der Waals surface area contributed by atoms with E-state index in [0.717, 1.165) is 10.6 Å². The Bertz CT molecular complexity index is 688. The first-order valence-corrected chi connectivity index (χ1v) is 9.65. The quantitative estimate of drug-likeness (QED) is 0.511. The average Bonchev–Trinajstić information content (AvgIpc) is 2.60. The van der Waals surface area contributed by atoms with Crippen LogP contribution in [0.2, 0.25) is 5.02 Å². The van der Waals surface area contributed by atoms with E-state index < -0.39 is 0 Å². The smallest absolute Gasteiger partial charge is 0.233 e. The Labute approximate surface area is 159 Å². The van der Waals surface area contributed by atoms with Gasteiger partial charge in [-0.2, -0.15) is 0 Å². The van der Waals surface area contributed by atoms with Crippen molar-refractivity contribution in [3.05, 3.63) is 59.1 Å². The number of halogens is 1. The molecular formula is C20H24ClNO2S. The van der Waals surface area contributed by atoms with Crippen LogP contribution in [-0.2, 0) is 4.79 Å². The van der Waals surface area contributed by atoms with Gasteiger partial charge in [-0.25, -0.2) is 0 Å². The minimum Gasteiger partial charge on any atom is -0.491 e. The Balaban J connectivity index is 1.76. The van der Waals surface area contributed by atoms with Gasteiger partial charge in [-0.15, -0.1) is 11.8 Å². The van der Waals surface area contributed by atoms with E-state index in [1.807, 2.05) is 49.4 Å². The highest BCUT2D eigenvalue weighted by molar-refractivity contribution is 8.00. The Kier molecular flexibility index (Phi) is 7.66. The topological polar surface area (TPSA) is 38.3 Å². The standard InChI is InChI=1S/C20H24ClNO2S/c1-14(2)18-6-4-5-7-19(18)24-13-12-22-20(23)15(3)25-17-10-8-16(21)9-11-17/h4-11,14-15H,12-13H2,1-3H3,(H,22,23)/t15-/m0/s1. The second-order valence-electron chi connectivity index (χ2n) is 6.05. The molecule has 3 nitrogen and oxygen atoms in total. The summed E-state index contributed by atoms with van der Waals surface area (Å²) in [5.41, 5.74) is 1.18. The first-order valence-electron chi connectivity index (χ1n) is 8.39. The van der Waals surface area contributed by atoms with E-state index in [2.05, 4.69) is 25.2 Å². The number of hydrogen-bond acceptors (Lipinski definition) is 3. The first-order chi connectivity index (χ1) is 12.0. The average molecular weight is 378 g/mol. The molecule has 0 spiro atoms. The maximum Gasteiger partial charge on any atom is 0.233 e. The van der Waals surface area contributed by atoms with Crippen molar-refractivity contribution < 1.29 is 9.53 Å². The van der Waals surface area contributed by atoms with Gasteiger partial charge in [0.25, 0.3) is 0 Å². The summed E-state index contributed by atoms with van der Waals surface area (Å²) in [4.78, 5) is 13.2. The van der Waals surface area contributed by atoms with Crippen LogP contribution in [0.3, 0.4) is 0 Å². The Hall–Kier alpha value is -1.65. The van der Waals surface area contributed by atoms with Crippen LogP contribution in [0.25, 0.3) is 0 Å². The number of rotatable bonds is 8. The molecule has 0 aromatic heterocycles. The zero-order valence-electron chi connectivity index (χ0n) is 14.8. The summed E-state index contributed by atoms with van der Waals surface area (Å²) < 4.78 is 5.82. The number of nitrogens with one attached hydrogen (secondary N) is 1. The molecule has 2 aromatic rings. The molecule has 0 bridgehead atoms. The van der Waals surface area contributed by atoms with Crippen LogP contribution in [0.5, 0.6) is 5.75 Å². The molecule has 0 radical (unpaired) electrons. The molecule has 0 fully saturated rings. The summed E-state index contributed by atoms with van der Waals surface area (Å²) in [5, 5.41) is 3.44. The minimum atomic E-state index is -0.177. The lowest BCUT2D eigenvalue weighted by Crippen LogP contribution is -2.34. The van der Waals surface area contributed by atoms with E-state index in [-0.39, 0.29) is 11.2 Å². The molecule has 1 amide bonds. The van der Waals surface area contributed by atoms with Crippen molar-refractivity contribution in [3.63, 3.8) is 0 Å². The predicted octanol–water partition coefficient (Wildman–Crippen LogP) is 5.14. The molecule has 0 unspecified atom stereocenters. The van der Waals surface area contributed by atoms with Gasteiger partial charge in [-0.1, -0.05) is 43.6 Å². The van der Waals surface area contributed by atoms with Crippen LogP contribution in [0, 0.1) is 0 Å². The third-order valence-electron chi connectivity index (χ3n) is 3.70. The molecule has 0 aliphatic heterocycles. The van der Waals surface area contributed by atoms with Crippen LogP contribution in [0.15, 0.2) is 53.4 Å². The lowest BCUT2D eigenvalue weighted by atomic mass is 10.0. The van der Waals surface area contributed by atoms with Gasteiger partial charge in [-0.05, 0) is 48.7 Å². The van der Waals surface area contributed by atoms with Crippen molar-refractivity contribution in [2.75, 3.05) is 13.2 Å². The van der Waals surface area contributed by atoms with Crippen LogP contribution >= 0.6 is 23.4 Å². The Morgan fingerprint density at radius 1 is 1.12 bits per heavy atom. The molecule has 2 aromatic carbocycles. The number of ether oxygens (including phenoxy) is 1. The number of benzene rings is 2. The van der Waals surface area contributed by atoms with Gasteiger partial charge in [0, 0.05) is 9.92 Å². The summed E-state index contributed by atoms with van der Waals surface area (Å²) in [6, 6.07) is 15.5. The van der Waals surface area contributed by atoms with Crippen molar-refractivity contribution in [2.24, 2.45) is 0 Å². The van der Waals surface area contributed by atoms with Crippen LogP contribution in [0.4, 0.5) is 0 Å². The highest BCUT2D eigenvalue weighted by atomic mass is 35.5. The first kappa shape index (κ1) is 19.7. The highest BCUT2D eigenvalue weighted by Crippen LogP contribution is 2.26. The molecule has 25 heavy (non-hydrogen) atoms. The predicted molar refractivity (Wildman–Crippen MR) is 106 cm³/mol. The van der Waals surface area contributed by atoms with E-state index in [1.54, 1.807) is 0 Å². The zero-order chi connectivity index (χ0) is 18.2. The van der Waals surface area contributed by atoms with Crippen molar-refractivity contribution >= 4 is 29.3 Å². The van der Waals surface area contributed by atoms with E-state index in [9.17, 15) is 4.79 Å². The fraction of sp³-hybridized carbons (Fsp3) is 0.350. The van der Waals surface area contributed by atoms with Crippen molar-refractivity contribution in [1.29, 1.82) is 0 Å². The second kappa shape index (κ2) is 9.73. The zero-order valence-corrected chi connectivity index (χ0v) is 16.4. The van der Waals surface area contributed by atoms with E-state index in [0.29, 0.717) is 24.1 Å². The molecule has 0 saturated heterocycles. The minimum absolute atomic E-state index is 0.000643. The fourth-order valence-electron chi connectivity index (χ4n) is 2.34. The summed E-state index contributed by atoms with van der Waals surface area (Å²) >= 11 is 7.38. The molecule has 0 aliphatic carbocycles. The van der Waals surface area contributed by atoms with Crippen molar-refractivity contribution in [1.82, 2.24) is 5.32 Å². The molecule has 2 rings (SSSR count). The number of carbonyl (C=O) groups excluding carboxylic acids is 1. The number of amides is 1. The number of thioether (sulfide) groups is 1. The molecule has 134 valence electrons. The van der Waals surface area contributed by atoms with Crippen LogP contribution in [-0.4, -0.2) is 24.3 Å². The van der Waals surface area contributed by atoms with Gasteiger partial charge >= 0.3 is 0 Å². The van der Waals surface area contributed by atoms with Gasteiger partial charge in [0.05, 0.1) is 11.8 Å². The summed E-state index contributed by atoms with van der Waals surface area (Å²) in [6.07, 6.45) is 0. The monoisotopic (exact) mass is 377 g/mol. The van der Waals surface area contributed by atoms with Crippen LogP contribution < -0.4 is 10.1 Å². The molecule has 0 aliphatic rings. The fourth-order valence-corrected chi connectivity index (χ4v) is 3.36. The third kappa shape index (κ3) is 6.29. The summed E-state index contributed by atoms with van der Waals surface area (Å²) in [6.45, 7) is 7.10. The van der Waals surface area contributed by atoms with Crippen molar-refractivity contribution in [3.8, 4) is 5.75 Å². The van der Waals surface area contributed by atoms with Gasteiger partial charge < -0.3 is 10.1 Å². The SMILES string of the molecule is CC(C)c1ccccc1OCCNC(=O)[C@H](C)Sc1ccc(Cl)cc1. The number of hydrogen-bond donors (Lipinski definition) is 1. The van der Waals surface area contributed by atoms with Crippen molar-refractivity contribution in [2.45, 2.75) is 36.8 Å². The van der Waals surface area contributed by atoms with E-state index >= 15 is 0 Å². The van der Waals surface area contributed by atoms with Gasteiger partial charge in [0.2, 0.25) is 5.91 Å². The largest absolute Gasteiger partial charge is 0.491 e. The Morgan fingerprint density at radius 2 is 1.80 bits per heavy atom. The lowest BCUT2D eigenvalue weighted by Gasteiger charge is -2.15. The number of carbonyl (C=O) groups is 1. The molecule has 0 saturated carbocycles. The van der Waals surface area contributed by atoms with E-state index in [1.165, 1.54) is 17.3 Å². The maximum absolute atomic E-state index is 12.2. The number of para-hydroxylation sites is 1.